The molecule has 0 fully saturated rings. The van der Waals surface area contributed by atoms with Gasteiger partial charge in [0.2, 0.25) is 0 Å². The molecular weight excluding hydrogens is 701 g/mol. The highest BCUT2D eigenvalue weighted by Crippen LogP contribution is 2.64. The molecule has 0 saturated carbocycles. The van der Waals surface area contributed by atoms with Crippen molar-refractivity contribution in [3.63, 3.8) is 0 Å². The van der Waals surface area contributed by atoms with Crippen molar-refractivity contribution in [2.75, 3.05) is 10.2 Å². The van der Waals surface area contributed by atoms with Crippen LogP contribution in [0.25, 0.3) is 65.7 Å². The van der Waals surface area contributed by atoms with Crippen molar-refractivity contribution in [3.8, 4) is 33.4 Å². The number of anilines is 3. The number of fused-ring (bicyclic) bond motifs is 17. The molecule has 10 aromatic rings. The van der Waals surface area contributed by atoms with Crippen molar-refractivity contribution >= 4 is 49.4 Å². The molecule has 10 aromatic carbocycles. The van der Waals surface area contributed by atoms with Gasteiger partial charge in [0, 0.05) is 5.69 Å². The monoisotopic (exact) mass is 736 g/mol. The molecule has 0 bridgehead atoms. The lowest BCUT2D eigenvalue weighted by Crippen LogP contribution is -2.27. The molecule has 0 saturated heterocycles. The van der Waals surface area contributed by atoms with E-state index < -0.39 is 5.41 Å². The zero-order valence-electron chi connectivity index (χ0n) is 31.7. The number of para-hydroxylation sites is 2. The van der Waals surface area contributed by atoms with Gasteiger partial charge >= 0.3 is 0 Å². The van der Waals surface area contributed by atoms with Crippen LogP contribution >= 0.6 is 0 Å². The Hall–Kier alpha value is -7.42. The maximum Gasteiger partial charge on any atom is 0.130 e. The van der Waals surface area contributed by atoms with E-state index in [1.54, 1.807) is 0 Å². The second-order valence-electron chi connectivity index (χ2n) is 16.0. The fraction of sp³-hybridized carbons (Fsp3) is 0.0357. The summed E-state index contributed by atoms with van der Waals surface area (Å²) in [5.41, 5.74) is 17.3. The summed E-state index contributed by atoms with van der Waals surface area (Å²) in [5.74, 6) is 0. The predicted octanol–water partition coefficient (Wildman–Crippen LogP) is 14.4. The van der Waals surface area contributed by atoms with E-state index in [4.69, 9.17) is 0 Å². The summed E-state index contributed by atoms with van der Waals surface area (Å²) in [7, 11) is 0. The van der Waals surface area contributed by atoms with E-state index in [0.717, 1.165) is 11.4 Å². The summed E-state index contributed by atoms with van der Waals surface area (Å²) < 4.78 is 0. The number of hydrogen-bond donors (Lipinski definition) is 1. The van der Waals surface area contributed by atoms with Gasteiger partial charge in [0.05, 0.1) is 16.8 Å². The Morgan fingerprint density at radius 2 is 0.879 bits per heavy atom. The van der Waals surface area contributed by atoms with Crippen molar-refractivity contribution < 1.29 is 0 Å². The molecule has 0 radical (unpaired) electrons. The average molecular weight is 737 g/mol. The molecule has 2 nitrogen and oxygen atoms in total. The molecule has 270 valence electrons. The van der Waals surface area contributed by atoms with Gasteiger partial charge in [-0.1, -0.05) is 164 Å². The number of rotatable bonds is 3. The Labute approximate surface area is 337 Å². The summed E-state index contributed by atoms with van der Waals surface area (Å²) in [6.07, 6.45) is -0.103. The summed E-state index contributed by atoms with van der Waals surface area (Å²) >= 11 is 0. The third kappa shape index (κ3) is 4.16. The van der Waals surface area contributed by atoms with Gasteiger partial charge in [-0.3, -0.25) is 0 Å². The first-order valence-electron chi connectivity index (χ1n) is 20.3. The predicted molar refractivity (Wildman–Crippen MR) is 242 cm³/mol. The zero-order valence-corrected chi connectivity index (χ0v) is 31.7. The highest BCUT2D eigenvalue weighted by atomic mass is 15.3. The molecule has 2 unspecified atom stereocenters. The molecule has 58 heavy (non-hydrogen) atoms. The molecule has 13 rings (SSSR count). The summed E-state index contributed by atoms with van der Waals surface area (Å²) in [4.78, 5) is 2.47. The summed E-state index contributed by atoms with van der Waals surface area (Å²) in [6, 6.07) is 76.9. The van der Waals surface area contributed by atoms with Crippen molar-refractivity contribution in [1.82, 2.24) is 0 Å². The molecule has 1 aliphatic heterocycles. The van der Waals surface area contributed by atoms with Gasteiger partial charge < -0.3 is 10.2 Å². The molecule has 1 N–H and O–H groups in total. The minimum atomic E-state index is -0.484. The van der Waals surface area contributed by atoms with Crippen LogP contribution in [0.5, 0.6) is 0 Å². The lowest BCUT2D eigenvalue weighted by Gasteiger charge is -2.32. The van der Waals surface area contributed by atoms with Crippen LogP contribution in [0.2, 0.25) is 0 Å². The Bertz CT molecular complexity index is 3330. The summed E-state index contributed by atoms with van der Waals surface area (Å²) in [5, 5.41) is 11.8. The van der Waals surface area contributed by atoms with Crippen molar-refractivity contribution in [2.45, 2.75) is 11.6 Å². The number of nitrogens with zero attached hydrogens (tertiary/aromatic N) is 1. The Morgan fingerprint density at radius 3 is 1.59 bits per heavy atom. The third-order valence-electron chi connectivity index (χ3n) is 13.3. The molecule has 2 atom stereocenters. The largest absolute Gasteiger partial charge is 0.359 e. The fourth-order valence-electron chi connectivity index (χ4n) is 10.8. The summed E-state index contributed by atoms with van der Waals surface area (Å²) in [6.45, 7) is 0. The van der Waals surface area contributed by atoms with Gasteiger partial charge in [-0.15, -0.1) is 0 Å². The number of benzene rings is 10. The average Bonchev–Trinajstić information content (AvgIpc) is 3.93. The van der Waals surface area contributed by atoms with Crippen LogP contribution in [0.15, 0.2) is 206 Å². The van der Waals surface area contributed by atoms with Crippen LogP contribution in [0.1, 0.15) is 34.0 Å². The van der Waals surface area contributed by atoms with Gasteiger partial charge in [-0.2, -0.15) is 0 Å². The van der Waals surface area contributed by atoms with Gasteiger partial charge in [0.1, 0.15) is 6.17 Å². The lowest BCUT2D eigenvalue weighted by molar-refractivity contribution is 0.780. The van der Waals surface area contributed by atoms with Crippen LogP contribution in [-0.2, 0) is 5.41 Å². The van der Waals surface area contributed by atoms with Gasteiger partial charge in [-0.05, 0) is 136 Å². The Kier molecular flexibility index (Phi) is 6.46. The maximum absolute atomic E-state index is 3.96. The molecule has 3 aliphatic rings. The van der Waals surface area contributed by atoms with E-state index >= 15 is 0 Å². The van der Waals surface area contributed by atoms with Crippen molar-refractivity contribution in [3.05, 3.63) is 234 Å². The van der Waals surface area contributed by atoms with E-state index in [-0.39, 0.29) is 6.17 Å². The second kappa shape index (κ2) is 11.8. The van der Waals surface area contributed by atoms with Crippen LogP contribution in [0.3, 0.4) is 0 Å². The smallest absolute Gasteiger partial charge is 0.130 e. The molecule has 1 heterocycles. The highest BCUT2D eigenvalue weighted by molar-refractivity contribution is 6.26. The quantitative estimate of drug-likeness (QED) is 0.182. The van der Waals surface area contributed by atoms with Crippen molar-refractivity contribution in [2.24, 2.45) is 0 Å². The van der Waals surface area contributed by atoms with Crippen LogP contribution in [0.4, 0.5) is 17.1 Å². The van der Waals surface area contributed by atoms with E-state index in [2.05, 4.69) is 216 Å². The van der Waals surface area contributed by atoms with E-state index in [1.165, 1.54) is 99.2 Å². The Balaban J connectivity index is 1.06. The maximum atomic E-state index is 3.96. The topological polar surface area (TPSA) is 15.3 Å². The highest BCUT2D eigenvalue weighted by Gasteiger charge is 2.52. The first kappa shape index (κ1) is 31.7. The molecule has 1 spiro atoms. The lowest BCUT2D eigenvalue weighted by atomic mass is 9.70. The molecule has 0 aromatic heterocycles. The minimum absolute atomic E-state index is 0.103. The number of nitrogens with one attached hydrogen (secondary N) is 1. The third-order valence-corrected chi connectivity index (χ3v) is 13.3. The van der Waals surface area contributed by atoms with Crippen LogP contribution in [-0.4, -0.2) is 0 Å². The SMILES string of the molecule is c1ccc(-c2ccc(N3c4ccccc4NC3c3ccc4c(c3)C3(c5ccccc5-4)c4ccccc4-c4cc5c6ccccc6c6ccccc6c5cc43)cc2)cc1. The van der Waals surface area contributed by atoms with E-state index in [9.17, 15) is 0 Å². The fourth-order valence-corrected chi connectivity index (χ4v) is 10.8. The van der Waals surface area contributed by atoms with Crippen LogP contribution < -0.4 is 10.2 Å². The van der Waals surface area contributed by atoms with E-state index in [0.29, 0.717) is 0 Å². The van der Waals surface area contributed by atoms with Crippen LogP contribution in [0, 0.1) is 0 Å². The van der Waals surface area contributed by atoms with Gasteiger partial charge in [0.15, 0.2) is 0 Å². The van der Waals surface area contributed by atoms with E-state index in [1.807, 2.05) is 0 Å². The zero-order chi connectivity index (χ0) is 38.0. The van der Waals surface area contributed by atoms with Gasteiger partial charge in [-0.25, -0.2) is 0 Å². The number of hydrogen-bond acceptors (Lipinski definition) is 2. The molecule has 0 amide bonds. The normalized spacial score (nSPS) is 17.0. The standard InChI is InChI=1S/C56H36N2/c1-2-14-35(15-3-1)36-26-29-38(30-27-36)58-54-25-13-12-24-53(54)57-55(58)37-28-31-45-43-20-8-10-22-49(43)56(51(45)32-37)50-23-11-9-21-44(50)48-33-46-41-18-6-4-16-39(41)40-17-5-7-19-42(40)47(46)34-52(48)56/h1-34,55,57H. The van der Waals surface area contributed by atoms with Gasteiger partial charge in [0.25, 0.3) is 0 Å². The molecule has 2 aliphatic carbocycles. The first-order valence-corrected chi connectivity index (χ1v) is 20.3. The van der Waals surface area contributed by atoms with Crippen molar-refractivity contribution in [1.29, 1.82) is 0 Å². The Morgan fingerprint density at radius 1 is 0.362 bits per heavy atom. The molecular formula is C56H36N2. The first-order chi connectivity index (χ1) is 28.8. The minimum Gasteiger partial charge on any atom is -0.359 e. The molecule has 2 heteroatoms. The second-order valence-corrected chi connectivity index (χ2v) is 16.0.